The largest absolute Gasteiger partial charge is 3.00 e. The Morgan fingerprint density at radius 2 is 0.472 bits per heavy atom. The van der Waals surface area contributed by atoms with Crippen molar-refractivity contribution >= 4 is 17.7 Å². The van der Waals surface area contributed by atoms with Crippen LogP contribution in [-0.4, -0.2) is 114 Å². The minimum absolute atomic E-state index is 0. The maximum Gasteiger partial charge on any atom is 3.00 e. The summed E-state index contributed by atoms with van der Waals surface area (Å²) in [7, 11) is 0. The minimum atomic E-state index is -1.05. The molecule has 18 aromatic rings. The molecule has 0 spiro atoms. The van der Waals surface area contributed by atoms with Gasteiger partial charge in [-0.25, -0.2) is 61.3 Å². The SMILES string of the molecule is CC(=O)C=C(C)O.O=C(O)c1ccccn1.O=C(O)c1cnccn1.[Ir+3].[Ir].[Ir].[Ir].[Ir].[Ir].[c-]1ccccc1-c1[c-]cccc1.[c-]1ccccc1-c1ccccn1.[c-]1ccccc1-c1cccnn1.[c-]1ccccc1-c1cccnn1.[c-]1ccccc1-c1cccnn1.[c-]1ccccc1-c1cccnn1.[c-]1ccccc1-c1cccnn1.[c-]1ccccc1-c1cccnn1. The van der Waals surface area contributed by atoms with E-state index in [0.717, 1.165) is 89.9 Å². The van der Waals surface area contributed by atoms with Gasteiger partial charge in [-0.15, -0.1) is 263 Å². The van der Waals surface area contributed by atoms with Gasteiger partial charge in [0, 0.05) is 203 Å². The number of carboxylic acids is 2. The zero-order valence-electron chi connectivity index (χ0n) is 67.3. The first-order valence-electron chi connectivity index (χ1n) is 36.8. The van der Waals surface area contributed by atoms with Crippen molar-refractivity contribution in [1.82, 2.24) is 81.1 Å². The molecule has 0 unspecified atom stereocenters. The number of pyridine rings is 2. The maximum absolute atomic E-state index is 10.1. The normalized spacial score (nSPS) is 9.20. The number of allylic oxidation sites excluding steroid dienone is 2. The van der Waals surface area contributed by atoms with E-state index in [2.05, 4.69) is 136 Å². The van der Waals surface area contributed by atoms with E-state index in [1.165, 1.54) is 50.8 Å². The third-order valence-electron chi connectivity index (χ3n) is 14.8. The van der Waals surface area contributed by atoms with E-state index >= 15 is 0 Å². The molecule has 5 radical (unpaired) electrons. The predicted molar refractivity (Wildman–Crippen MR) is 463 cm³/mol. The molecule has 0 saturated heterocycles. The molecule has 28 heteroatoms. The van der Waals surface area contributed by atoms with Crippen LogP contribution in [0.2, 0.25) is 0 Å². The molecule has 9 heterocycles. The molecule has 3 N–H and O–H groups in total. The average Bonchev–Trinajstić information content (AvgIpc) is 0.911. The molecule has 9 aromatic carbocycles. The van der Waals surface area contributed by atoms with E-state index in [9.17, 15) is 14.4 Å². The number of aromatic nitrogens is 16. The fourth-order valence-corrected chi connectivity index (χ4v) is 9.38. The summed E-state index contributed by atoms with van der Waals surface area (Å²) >= 11 is 0. The Morgan fingerprint density at radius 1 is 0.244 bits per heavy atom. The molecule has 22 nitrogen and oxygen atoms in total. The van der Waals surface area contributed by atoms with Crippen LogP contribution in [0.5, 0.6) is 0 Å². The standard InChI is InChI=1S/C12H8.C11H8N.6C10H7N2.C6H5NO2.C5H4N2O2.C5H8O2.6Ir/c1-3-7-11(8-4-1)12-9-5-2-6-10-12;1-2-6-10(7-3-1)11-8-4-5-9-12-11;6*1-2-5-9(6-3-1)10-7-4-8-11-12-10;8-6(9)5-3-1-2-4-7-5;8-5(9)4-3-6-1-2-7-4;1-4(6)3-5(2)7;;;;;;/h1-7,9H;1-6,8-9H;6*1-5,7-8H;1-4H,(H,8,9);1-3H,(H,8,9);3,6H,1-2H3;;;;;;/q-2;7*-1;;;;;;;;;+3. The van der Waals surface area contributed by atoms with Gasteiger partial charge < -0.3 is 20.3 Å². The van der Waals surface area contributed by atoms with Gasteiger partial charge in [-0.1, -0.05) is 54.6 Å². The molecule has 0 amide bonds. The molecule has 0 aliphatic carbocycles. The second kappa shape index (κ2) is 68.3. The number of nitrogens with zero attached hydrogens (tertiary/aromatic N) is 16. The van der Waals surface area contributed by atoms with Crippen LogP contribution in [0.3, 0.4) is 0 Å². The summed E-state index contributed by atoms with van der Waals surface area (Å²) in [5, 5.41) is 71.5. The van der Waals surface area contributed by atoms with E-state index in [0.29, 0.717) is 0 Å². The quantitative estimate of drug-likeness (QED) is 0.0615. The van der Waals surface area contributed by atoms with E-state index in [1.54, 1.807) is 55.5 Å². The Bertz CT molecular complexity index is 4530. The Hall–Kier alpha value is -13.1. The van der Waals surface area contributed by atoms with Gasteiger partial charge in [0.25, 0.3) is 0 Å². The summed E-state index contributed by atoms with van der Waals surface area (Å²) in [4.78, 5) is 45.1. The van der Waals surface area contributed by atoms with Crippen molar-refractivity contribution in [2.75, 3.05) is 0 Å². The number of carbonyl (C=O) groups excluding carboxylic acids is 1. The summed E-state index contributed by atoms with van der Waals surface area (Å²) in [5.74, 6) is -2.11. The number of aliphatic hydroxyl groups is 1. The monoisotopic (exact) mass is 2740 g/mol. The predicted octanol–water partition coefficient (Wildman–Crippen LogP) is 19.1. The number of carbonyl (C=O) groups is 3. The van der Waals surface area contributed by atoms with Gasteiger partial charge in [0.2, 0.25) is 0 Å². The van der Waals surface area contributed by atoms with Crippen LogP contribution in [0.4, 0.5) is 0 Å². The van der Waals surface area contributed by atoms with Gasteiger partial charge in [0.05, 0.1) is 12.0 Å². The molecule has 0 fully saturated rings. The molecular formula is C99H75Ir6N16O6-6. The Morgan fingerprint density at radius 3 is 0.630 bits per heavy atom. The summed E-state index contributed by atoms with van der Waals surface area (Å²) in [6.07, 6.45) is 18.3. The van der Waals surface area contributed by atoms with Crippen molar-refractivity contribution in [2.45, 2.75) is 13.8 Å². The summed E-state index contributed by atoms with van der Waals surface area (Å²) in [5.41, 5.74) is 15.3. The van der Waals surface area contributed by atoms with Gasteiger partial charge >= 0.3 is 32.0 Å². The van der Waals surface area contributed by atoms with Crippen molar-refractivity contribution in [2.24, 2.45) is 0 Å². The zero-order chi connectivity index (χ0) is 85.0. The maximum atomic E-state index is 10.1. The smallest absolute Gasteiger partial charge is 0.512 e. The first kappa shape index (κ1) is 110. The first-order chi connectivity index (χ1) is 59.5. The summed E-state index contributed by atoms with van der Waals surface area (Å²) in [6.45, 7) is 2.85. The molecule has 127 heavy (non-hydrogen) atoms. The minimum Gasteiger partial charge on any atom is -0.512 e. The van der Waals surface area contributed by atoms with Crippen LogP contribution < -0.4 is 0 Å². The van der Waals surface area contributed by atoms with E-state index < -0.39 is 11.9 Å². The fraction of sp³-hybridized carbons (Fsp3) is 0.0202. The van der Waals surface area contributed by atoms with Crippen molar-refractivity contribution in [3.63, 3.8) is 0 Å². The number of aliphatic hydroxyl groups excluding tert-OH is 1. The second-order valence-corrected chi connectivity index (χ2v) is 23.7. The number of benzene rings is 9. The molecule has 0 atom stereocenters. The number of hydrogen-bond acceptors (Lipinski definition) is 20. The molecule has 0 bridgehead atoms. The van der Waals surface area contributed by atoms with E-state index in [1.807, 2.05) is 309 Å². The summed E-state index contributed by atoms with van der Waals surface area (Å²) in [6, 6.07) is 131. The molecule has 9 aromatic heterocycles. The van der Waals surface area contributed by atoms with Gasteiger partial charge in [0.15, 0.2) is 11.5 Å². The first-order valence-corrected chi connectivity index (χ1v) is 36.8. The van der Waals surface area contributed by atoms with E-state index in [4.69, 9.17) is 15.3 Å². The van der Waals surface area contributed by atoms with Crippen LogP contribution in [0.1, 0.15) is 34.8 Å². The van der Waals surface area contributed by atoms with Crippen LogP contribution in [-0.2, 0) is 125 Å². The number of carboxylic acid groups (broad SMARTS) is 2. The number of hydrogen-bond donors (Lipinski definition) is 3. The third kappa shape index (κ3) is 45.4. The van der Waals surface area contributed by atoms with E-state index in [-0.39, 0.29) is 144 Å². The van der Waals surface area contributed by atoms with Gasteiger partial charge in [-0.05, 0) is 74.1 Å². The van der Waals surface area contributed by atoms with Crippen LogP contribution in [0.25, 0.3) is 89.9 Å². The van der Waals surface area contributed by atoms with Crippen LogP contribution >= 0.6 is 0 Å². The number of rotatable bonds is 11. The van der Waals surface area contributed by atoms with Gasteiger partial charge in [-0.2, -0.15) is 79.1 Å². The molecule has 18 rings (SSSR count). The Labute approximate surface area is 818 Å². The average molecular weight is 2740 g/mol. The molecule has 0 aliphatic rings. The van der Waals surface area contributed by atoms with Gasteiger partial charge in [0.1, 0.15) is 5.69 Å². The topological polar surface area (TPSA) is 318 Å². The molecule has 0 saturated carbocycles. The third-order valence-corrected chi connectivity index (χ3v) is 14.8. The molecule has 0 aliphatic heterocycles. The summed E-state index contributed by atoms with van der Waals surface area (Å²) < 4.78 is 0. The second-order valence-electron chi connectivity index (χ2n) is 23.7. The van der Waals surface area contributed by atoms with Crippen molar-refractivity contribution in [3.8, 4) is 89.9 Å². The number of ketones is 1. The Kier molecular flexibility index (Phi) is 59.1. The fourth-order valence-electron chi connectivity index (χ4n) is 9.38. The zero-order valence-corrected chi connectivity index (χ0v) is 81.7. The Balaban J connectivity index is 0.000000472. The van der Waals surface area contributed by atoms with Crippen molar-refractivity contribution in [1.29, 1.82) is 0 Å². The molecular weight excluding hydrogens is 2660 g/mol. The number of aromatic carboxylic acids is 2. The van der Waals surface area contributed by atoms with Gasteiger partial charge in [-0.3, -0.25) is 9.78 Å². The molecule has 647 valence electrons. The van der Waals surface area contributed by atoms with Crippen LogP contribution in [0.15, 0.2) is 408 Å². The van der Waals surface area contributed by atoms with Crippen molar-refractivity contribution in [3.05, 3.63) is 474 Å². The van der Waals surface area contributed by atoms with Crippen molar-refractivity contribution < 1.29 is 150 Å². The van der Waals surface area contributed by atoms with Crippen LogP contribution in [0, 0.1) is 54.6 Å².